The van der Waals surface area contributed by atoms with Crippen molar-refractivity contribution in [2.24, 2.45) is 5.92 Å². The summed E-state index contributed by atoms with van der Waals surface area (Å²) in [6, 6.07) is 13.1. The van der Waals surface area contributed by atoms with Crippen molar-refractivity contribution in [3.05, 3.63) is 71.5 Å². The van der Waals surface area contributed by atoms with Gasteiger partial charge in [0.25, 0.3) is 0 Å². The van der Waals surface area contributed by atoms with Gasteiger partial charge in [-0.15, -0.1) is 5.10 Å². The van der Waals surface area contributed by atoms with Crippen molar-refractivity contribution < 1.29 is 33.3 Å². The van der Waals surface area contributed by atoms with Crippen LogP contribution in [0.2, 0.25) is 0 Å². The SMILES string of the molecule is CCCCCCCCCCCCCCCCOC(=O)c1ccc(OC)c(NC(=O)C(Cn2nc(OC)c3cc(C)ncc32)C(=O)c2ccc(OC)cc2)c1. The number of ketones is 1. The second-order valence-electron chi connectivity index (χ2n) is 13.8. The van der Waals surface area contributed by atoms with Gasteiger partial charge in [-0.2, -0.15) is 0 Å². The van der Waals surface area contributed by atoms with E-state index in [9.17, 15) is 14.4 Å². The van der Waals surface area contributed by atoms with Gasteiger partial charge >= 0.3 is 5.97 Å². The van der Waals surface area contributed by atoms with Gasteiger partial charge in [-0.1, -0.05) is 90.4 Å². The van der Waals surface area contributed by atoms with Crippen LogP contribution in [0, 0.1) is 12.8 Å². The molecule has 0 aliphatic carbocycles. The van der Waals surface area contributed by atoms with Crippen molar-refractivity contribution >= 4 is 34.3 Å². The highest BCUT2D eigenvalue weighted by Gasteiger charge is 2.31. The Balaban J connectivity index is 1.35. The van der Waals surface area contributed by atoms with Crippen molar-refractivity contribution in [2.75, 3.05) is 33.3 Å². The number of nitrogens with one attached hydrogen (secondary N) is 1. The second kappa shape index (κ2) is 22.3. The maximum Gasteiger partial charge on any atom is 0.338 e. The number of rotatable bonds is 25. The van der Waals surface area contributed by atoms with E-state index in [4.69, 9.17) is 18.9 Å². The average Bonchev–Trinajstić information content (AvgIpc) is 3.54. The molecule has 54 heavy (non-hydrogen) atoms. The molecule has 2 aromatic carbocycles. The number of carbonyl (C=O) groups excluding carboxylic acids is 3. The van der Waals surface area contributed by atoms with Gasteiger partial charge in [0.2, 0.25) is 11.8 Å². The van der Waals surface area contributed by atoms with E-state index in [1.165, 1.54) is 98.0 Å². The molecule has 2 heterocycles. The molecule has 2 aromatic heterocycles. The van der Waals surface area contributed by atoms with E-state index in [-0.39, 0.29) is 17.8 Å². The number of methoxy groups -OCH3 is 3. The Kier molecular flexibility index (Phi) is 17.3. The lowest BCUT2D eigenvalue weighted by Crippen LogP contribution is -2.34. The van der Waals surface area contributed by atoms with E-state index >= 15 is 0 Å². The number of fused-ring (bicyclic) bond motifs is 1. The van der Waals surface area contributed by atoms with Crippen LogP contribution < -0.4 is 19.5 Å². The first-order valence-electron chi connectivity index (χ1n) is 19.5. The van der Waals surface area contributed by atoms with Crippen molar-refractivity contribution in [1.82, 2.24) is 14.8 Å². The van der Waals surface area contributed by atoms with E-state index in [2.05, 4.69) is 22.3 Å². The van der Waals surface area contributed by atoms with E-state index in [0.29, 0.717) is 40.5 Å². The number of amides is 1. The summed E-state index contributed by atoms with van der Waals surface area (Å²) in [6.07, 6.45) is 19.1. The minimum Gasteiger partial charge on any atom is -0.497 e. The van der Waals surface area contributed by atoms with Crippen molar-refractivity contribution in [1.29, 1.82) is 0 Å². The Morgan fingerprint density at radius 2 is 1.35 bits per heavy atom. The van der Waals surface area contributed by atoms with Crippen LogP contribution in [-0.2, 0) is 16.1 Å². The summed E-state index contributed by atoms with van der Waals surface area (Å²) < 4.78 is 23.4. The third-order valence-corrected chi connectivity index (χ3v) is 9.72. The molecule has 0 aliphatic rings. The number of benzene rings is 2. The topological polar surface area (TPSA) is 131 Å². The maximum atomic E-state index is 14.1. The van der Waals surface area contributed by atoms with Gasteiger partial charge in [0.05, 0.1) is 62.8 Å². The fraction of sp³-hybridized carbons (Fsp3) is 0.512. The molecule has 4 aromatic rings. The predicted octanol–water partition coefficient (Wildman–Crippen LogP) is 9.54. The summed E-state index contributed by atoms with van der Waals surface area (Å²) in [4.78, 5) is 45.5. The van der Waals surface area contributed by atoms with Crippen LogP contribution in [0.15, 0.2) is 54.7 Å². The van der Waals surface area contributed by atoms with Crippen LogP contribution in [-0.4, -0.2) is 60.4 Å². The van der Waals surface area contributed by atoms with Gasteiger partial charge in [-0.05, 0) is 61.9 Å². The summed E-state index contributed by atoms with van der Waals surface area (Å²) in [6.45, 7) is 4.33. The molecule has 1 unspecified atom stereocenters. The molecular formula is C43H58N4O7. The summed E-state index contributed by atoms with van der Waals surface area (Å²) >= 11 is 0. The lowest BCUT2D eigenvalue weighted by atomic mass is 9.96. The average molecular weight is 743 g/mol. The number of Topliss-reactive ketones (excluding diaryl/α,β-unsaturated/α-hetero) is 1. The molecule has 0 bridgehead atoms. The van der Waals surface area contributed by atoms with E-state index < -0.39 is 23.6 Å². The first-order valence-corrected chi connectivity index (χ1v) is 19.5. The summed E-state index contributed by atoms with van der Waals surface area (Å²) in [5.41, 5.74) is 2.20. The number of aromatic nitrogens is 3. The number of carbonyl (C=O) groups is 3. The lowest BCUT2D eigenvalue weighted by Gasteiger charge is -2.18. The van der Waals surface area contributed by atoms with Crippen LogP contribution in [0.5, 0.6) is 17.4 Å². The smallest absolute Gasteiger partial charge is 0.338 e. The predicted molar refractivity (Wildman–Crippen MR) is 212 cm³/mol. The van der Waals surface area contributed by atoms with Crippen LogP contribution >= 0.6 is 0 Å². The molecule has 11 heteroatoms. The van der Waals surface area contributed by atoms with Crippen LogP contribution in [0.25, 0.3) is 10.9 Å². The van der Waals surface area contributed by atoms with Crippen LogP contribution in [0.1, 0.15) is 123 Å². The van der Waals surface area contributed by atoms with Crippen molar-refractivity contribution in [3.63, 3.8) is 0 Å². The molecule has 0 saturated heterocycles. The Labute approximate surface area is 320 Å². The second-order valence-corrected chi connectivity index (χ2v) is 13.8. The highest BCUT2D eigenvalue weighted by atomic mass is 16.5. The molecule has 0 radical (unpaired) electrons. The fourth-order valence-corrected chi connectivity index (χ4v) is 6.55. The molecule has 1 N–H and O–H groups in total. The van der Waals surface area contributed by atoms with Gasteiger partial charge in [0, 0.05) is 11.3 Å². The van der Waals surface area contributed by atoms with Gasteiger partial charge < -0.3 is 24.3 Å². The Bertz CT molecular complexity index is 1790. The number of unbranched alkanes of at least 4 members (excludes halogenated alkanes) is 13. The molecule has 4 rings (SSSR count). The standard InChI is InChI=1S/C43H58N4O7/c1-6-7-8-9-10-11-12-13-14-15-16-17-18-19-26-54-43(50)33-22-25-39(52-4)37(28-33)45-41(49)36(40(48)32-20-23-34(51-3)24-21-32)30-47-38-29-44-31(2)27-35(38)42(46-47)53-5/h20-25,27-29,36H,6-19,26,30H2,1-5H3,(H,45,49). The normalized spacial score (nSPS) is 11.6. The Morgan fingerprint density at radius 3 is 1.94 bits per heavy atom. The number of anilines is 1. The van der Waals surface area contributed by atoms with E-state index in [1.807, 2.05) is 13.0 Å². The fourth-order valence-electron chi connectivity index (χ4n) is 6.55. The number of hydrogen-bond donors (Lipinski definition) is 1. The third-order valence-electron chi connectivity index (χ3n) is 9.72. The molecule has 292 valence electrons. The summed E-state index contributed by atoms with van der Waals surface area (Å²) in [5, 5.41) is 8.10. The van der Waals surface area contributed by atoms with Crippen LogP contribution in [0.4, 0.5) is 5.69 Å². The number of aryl methyl sites for hydroxylation is 1. The van der Waals surface area contributed by atoms with Crippen molar-refractivity contribution in [2.45, 2.75) is 110 Å². The minimum atomic E-state index is -1.23. The van der Waals surface area contributed by atoms with Crippen molar-refractivity contribution in [3.8, 4) is 17.4 Å². The molecule has 1 atom stereocenters. The van der Waals surface area contributed by atoms with Gasteiger partial charge in [0.1, 0.15) is 17.4 Å². The Morgan fingerprint density at radius 1 is 0.741 bits per heavy atom. The first-order chi connectivity index (χ1) is 26.3. The third kappa shape index (κ3) is 12.3. The number of pyridine rings is 1. The number of nitrogens with zero attached hydrogens (tertiary/aromatic N) is 3. The Hall–Kier alpha value is -4.93. The van der Waals surface area contributed by atoms with E-state index in [1.54, 1.807) is 47.3 Å². The molecule has 0 fully saturated rings. The number of ether oxygens (including phenoxy) is 4. The molecular weight excluding hydrogens is 684 g/mol. The summed E-state index contributed by atoms with van der Waals surface area (Å²) in [5.74, 6) is -1.50. The zero-order valence-corrected chi connectivity index (χ0v) is 32.8. The highest BCUT2D eigenvalue weighted by Crippen LogP contribution is 2.29. The van der Waals surface area contributed by atoms with E-state index in [0.717, 1.165) is 25.0 Å². The van der Waals surface area contributed by atoms with Gasteiger partial charge in [-0.3, -0.25) is 19.3 Å². The molecule has 11 nitrogen and oxygen atoms in total. The lowest BCUT2D eigenvalue weighted by molar-refractivity contribution is -0.118. The zero-order chi connectivity index (χ0) is 38.7. The maximum absolute atomic E-state index is 14.1. The molecule has 0 saturated carbocycles. The minimum absolute atomic E-state index is 0.107. The first kappa shape index (κ1) is 41.8. The monoisotopic (exact) mass is 742 g/mol. The van der Waals surface area contributed by atoms with Gasteiger partial charge in [0.15, 0.2) is 5.78 Å². The largest absolute Gasteiger partial charge is 0.497 e. The number of esters is 1. The molecule has 0 aliphatic heterocycles. The number of hydrogen-bond acceptors (Lipinski definition) is 9. The quantitative estimate of drug-likeness (QED) is 0.0305. The molecule has 0 spiro atoms. The molecule has 1 amide bonds. The summed E-state index contributed by atoms with van der Waals surface area (Å²) in [7, 11) is 4.52. The van der Waals surface area contributed by atoms with Gasteiger partial charge in [-0.25, -0.2) is 4.79 Å². The zero-order valence-electron chi connectivity index (χ0n) is 32.8. The highest BCUT2D eigenvalue weighted by molar-refractivity contribution is 6.14. The van der Waals surface area contributed by atoms with Crippen LogP contribution in [0.3, 0.4) is 0 Å².